The predicted octanol–water partition coefficient (Wildman–Crippen LogP) is 4.99. The van der Waals surface area contributed by atoms with Crippen LogP contribution >= 0.6 is 38.9 Å². The number of thiophene rings is 1. The van der Waals surface area contributed by atoms with Gasteiger partial charge in [0.2, 0.25) is 0 Å². The van der Waals surface area contributed by atoms with E-state index in [4.69, 9.17) is 11.6 Å². The van der Waals surface area contributed by atoms with E-state index < -0.39 is 0 Å². The van der Waals surface area contributed by atoms with Crippen molar-refractivity contribution in [3.05, 3.63) is 68.3 Å². The molecule has 104 valence electrons. The Labute approximate surface area is 135 Å². The molecule has 0 aliphatic carbocycles. The van der Waals surface area contributed by atoms with Crippen LogP contribution in [0.15, 0.2) is 52.8 Å². The molecule has 2 nitrogen and oxygen atoms in total. The van der Waals surface area contributed by atoms with Gasteiger partial charge in [0.1, 0.15) is 0 Å². The Hall–Kier alpha value is -1.10. The molecule has 0 atom stereocenters. The Kier molecular flexibility index (Phi) is 5.40. The van der Waals surface area contributed by atoms with E-state index in [0.717, 1.165) is 9.35 Å². The van der Waals surface area contributed by atoms with Gasteiger partial charge in [-0.2, -0.15) is 0 Å². The first-order chi connectivity index (χ1) is 9.61. The van der Waals surface area contributed by atoms with Crippen molar-refractivity contribution in [1.82, 2.24) is 4.90 Å². The van der Waals surface area contributed by atoms with Gasteiger partial charge < -0.3 is 4.90 Å². The molecule has 0 bridgehead atoms. The number of rotatable bonds is 5. The molecule has 1 aromatic carbocycles. The topological polar surface area (TPSA) is 20.3 Å². The molecule has 20 heavy (non-hydrogen) atoms. The highest BCUT2D eigenvalue weighted by atomic mass is 79.9. The van der Waals surface area contributed by atoms with Crippen LogP contribution in [0.2, 0.25) is 5.02 Å². The quantitative estimate of drug-likeness (QED) is 0.679. The minimum atomic E-state index is -0.0930. The van der Waals surface area contributed by atoms with Gasteiger partial charge >= 0.3 is 0 Å². The van der Waals surface area contributed by atoms with Crippen LogP contribution in [0.25, 0.3) is 0 Å². The van der Waals surface area contributed by atoms with Gasteiger partial charge in [-0.25, -0.2) is 0 Å². The molecule has 0 saturated carbocycles. The fourth-order valence-corrected chi connectivity index (χ4v) is 3.08. The normalized spacial score (nSPS) is 10.3. The molecule has 0 radical (unpaired) electrons. The third-order valence-electron chi connectivity index (χ3n) is 2.72. The van der Waals surface area contributed by atoms with Crippen LogP contribution < -0.4 is 0 Å². The molecule has 0 aliphatic rings. The standard InChI is InChI=1S/C15H13BrClNOS/c1-2-7-18(10-12-4-3-8-20-12)15(19)13-9-11(16)5-6-14(13)17/h2-6,8-9H,1,7,10H2. The summed E-state index contributed by atoms with van der Waals surface area (Å²) in [6, 6.07) is 9.26. The lowest BCUT2D eigenvalue weighted by Crippen LogP contribution is -2.30. The van der Waals surface area contributed by atoms with Gasteiger partial charge in [0.05, 0.1) is 17.1 Å². The number of halogens is 2. The third kappa shape index (κ3) is 3.72. The van der Waals surface area contributed by atoms with Gasteiger partial charge in [-0.1, -0.05) is 39.7 Å². The molecule has 1 heterocycles. The molecule has 0 unspecified atom stereocenters. The predicted molar refractivity (Wildman–Crippen MR) is 88.4 cm³/mol. The molecule has 1 amide bonds. The largest absolute Gasteiger partial charge is 0.330 e. The third-order valence-corrected chi connectivity index (χ3v) is 4.41. The summed E-state index contributed by atoms with van der Waals surface area (Å²) in [5, 5.41) is 2.45. The van der Waals surface area contributed by atoms with Crippen LogP contribution in [0.4, 0.5) is 0 Å². The number of hydrogen-bond donors (Lipinski definition) is 0. The summed E-state index contributed by atoms with van der Waals surface area (Å²) < 4.78 is 0.833. The van der Waals surface area contributed by atoms with Crippen molar-refractivity contribution in [2.45, 2.75) is 6.54 Å². The lowest BCUT2D eigenvalue weighted by Gasteiger charge is -2.21. The highest BCUT2D eigenvalue weighted by Gasteiger charge is 2.18. The van der Waals surface area contributed by atoms with Crippen LogP contribution in [0, 0.1) is 0 Å². The molecule has 0 spiro atoms. The number of carbonyl (C=O) groups excluding carboxylic acids is 1. The second kappa shape index (κ2) is 7.07. The van der Waals surface area contributed by atoms with E-state index in [0.29, 0.717) is 23.7 Å². The van der Waals surface area contributed by atoms with Crippen LogP contribution in [0.1, 0.15) is 15.2 Å². The van der Waals surface area contributed by atoms with Crippen molar-refractivity contribution in [3.63, 3.8) is 0 Å². The second-order valence-corrected chi connectivity index (χ2v) is 6.53. The summed E-state index contributed by atoms with van der Waals surface area (Å²) in [7, 11) is 0. The fraction of sp³-hybridized carbons (Fsp3) is 0.133. The minimum Gasteiger partial charge on any atom is -0.330 e. The highest BCUT2D eigenvalue weighted by molar-refractivity contribution is 9.10. The molecule has 0 fully saturated rings. The minimum absolute atomic E-state index is 0.0930. The van der Waals surface area contributed by atoms with E-state index >= 15 is 0 Å². The zero-order chi connectivity index (χ0) is 14.5. The first-order valence-corrected chi connectivity index (χ1v) is 8.04. The van der Waals surface area contributed by atoms with Crippen LogP contribution in [0.3, 0.4) is 0 Å². The van der Waals surface area contributed by atoms with E-state index in [-0.39, 0.29) is 5.91 Å². The Morgan fingerprint density at radius 3 is 2.90 bits per heavy atom. The van der Waals surface area contributed by atoms with Gasteiger partial charge in [0.15, 0.2) is 0 Å². The van der Waals surface area contributed by atoms with Gasteiger partial charge in [-0.15, -0.1) is 17.9 Å². The van der Waals surface area contributed by atoms with Gasteiger partial charge in [-0.3, -0.25) is 4.79 Å². The number of nitrogens with zero attached hydrogens (tertiary/aromatic N) is 1. The summed E-state index contributed by atoms with van der Waals surface area (Å²) in [4.78, 5) is 15.5. The summed E-state index contributed by atoms with van der Waals surface area (Å²) in [6.07, 6.45) is 1.72. The van der Waals surface area contributed by atoms with Crippen molar-refractivity contribution in [3.8, 4) is 0 Å². The fourth-order valence-electron chi connectivity index (χ4n) is 1.80. The molecule has 2 rings (SSSR count). The van der Waals surface area contributed by atoms with Crippen molar-refractivity contribution < 1.29 is 4.79 Å². The Balaban J connectivity index is 2.26. The second-order valence-electron chi connectivity index (χ2n) is 4.18. The molecular formula is C15H13BrClNOS. The monoisotopic (exact) mass is 369 g/mol. The molecule has 0 saturated heterocycles. The van der Waals surface area contributed by atoms with E-state index in [1.54, 1.807) is 34.4 Å². The van der Waals surface area contributed by atoms with E-state index in [1.165, 1.54) is 0 Å². The summed E-state index contributed by atoms with van der Waals surface area (Å²) in [6.45, 7) is 4.76. The molecule has 0 aliphatic heterocycles. The SMILES string of the molecule is C=CCN(Cc1cccs1)C(=O)c1cc(Br)ccc1Cl. The van der Waals surface area contributed by atoms with Crippen molar-refractivity contribution in [2.24, 2.45) is 0 Å². The van der Waals surface area contributed by atoms with E-state index in [1.807, 2.05) is 23.6 Å². The Bertz CT molecular complexity index is 612. The maximum Gasteiger partial charge on any atom is 0.256 e. The van der Waals surface area contributed by atoms with Crippen LogP contribution in [-0.2, 0) is 6.54 Å². The Morgan fingerprint density at radius 1 is 1.45 bits per heavy atom. The van der Waals surface area contributed by atoms with Crippen molar-refractivity contribution >= 4 is 44.8 Å². The lowest BCUT2D eigenvalue weighted by atomic mass is 10.2. The zero-order valence-electron chi connectivity index (χ0n) is 10.7. The average molecular weight is 371 g/mol. The first kappa shape index (κ1) is 15.3. The number of carbonyl (C=O) groups is 1. The summed E-state index contributed by atoms with van der Waals surface area (Å²) in [5.74, 6) is -0.0930. The zero-order valence-corrected chi connectivity index (χ0v) is 13.8. The smallest absolute Gasteiger partial charge is 0.256 e. The molecule has 2 aromatic rings. The molecule has 0 N–H and O–H groups in total. The first-order valence-electron chi connectivity index (χ1n) is 5.99. The number of amides is 1. The van der Waals surface area contributed by atoms with Gasteiger partial charge in [-0.05, 0) is 29.6 Å². The van der Waals surface area contributed by atoms with E-state index in [2.05, 4.69) is 22.5 Å². The van der Waals surface area contributed by atoms with Gasteiger partial charge in [0.25, 0.3) is 5.91 Å². The van der Waals surface area contributed by atoms with Crippen molar-refractivity contribution in [1.29, 1.82) is 0 Å². The van der Waals surface area contributed by atoms with Crippen LogP contribution in [-0.4, -0.2) is 17.4 Å². The average Bonchev–Trinajstić information content (AvgIpc) is 2.93. The van der Waals surface area contributed by atoms with Crippen molar-refractivity contribution in [2.75, 3.05) is 6.54 Å². The maximum absolute atomic E-state index is 12.6. The summed E-state index contributed by atoms with van der Waals surface area (Å²) >= 11 is 11.1. The maximum atomic E-state index is 12.6. The highest BCUT2D eigenvalue weighted by Crippen LogP contribution is 2.23. The van der Waals surface area contributed by atoms with E-state index in [9.17, 15) is 4.79 Å². The molecular weight excluding hydrogens is 358 g/mol. The van der Waals surface area contributed by atoms with Gasteiger partial charge in [0, 0.05) is 15.9 Å². The lowest BCUT2D eigenvalue weighted by molar-refractivity contribution is 0.0764. The van der Waals surface area contributed by atoms with Crippen LogP contribution in [0.5, 0.6) is 0 Å². The number of hydrogen-bond acceptors (Lipinski definition) is 2. The Morgan fingerprint density at radius 2 is 2.25 bits per heavy atom. The summed E-state index contributed by atoms with van der Waals surface area (Å²) in [5.41, 5.74) is 0.499. The number of benzene rings is 1. The molecule has 1 aromatic heterocycles. The molecule has 5 heteroatoms.